The molecule has 1 amide bonds. The van der Waals surface area contributed by atoms with Gasteiger partial charge < -0.3 is 9.47 Å². The van der Waals surface area contributed by atoms with Gasteiger partial charge in [0, 0.05) is 11.1 Å². The highest BCUT2D eigenvalue weighted by Gasteiger charge is 2.11. The van der Waals surface area contributed by atoms with Gasteiger partial charge in [0.25, 0.3) is 5.91 Å². The second kappa shape index (κ2) is 8.18. The van der Waals surface area contributed by atoms with Gasteiger partial charge in [-0.25, -0.2) is 5.43 Å². The molecule has 0 saturated carbocycles. The number of rotatable bonds is 6. The van der Waals surface area contributed by atoms with Crippen LogP contribution in [0.5, 0.6) is 11.5 Å². The lowest BCUT2D eigenvalue weighted by atomic mass is 10.1. The van der Waals surface area contributed by atoms with E-state index < -0.39 is 0 Å². The Kier molecular flexibility index (Phi) is 5.51. The third-order valence-electron chi connectivity index (χ3n) is 3.97. The van der Waals surface area contributed by atoms with Crippen LogP contribution in [-0.4, -0.2) is 36.5 Å². The highest BCUT2D eigenvalue weighted by atomic mass is 16.5. The minimum absolute atomic E-state index is 0.320. The molecule has 2 N–H and O–H groups in total. The molecule has 0 fully saturated rings. The molecule has 27 heavy (non-hydrogen) atoms. The lowest BCUT2D eigenvalue weighted by molar-refractivity contribution is 0.0950. The first-order valence-electron chi connectivity index (χ1n) is 8.29. The molecule has 0 unspecified atom stereocenters. The van der Waals surface area contributed by atoms with Crippen molar-refractivity contribution in [1.82, 2.24) is 15.6 Å². The molecule has 1 aromatic heterocycles. The van der Waals surface area contributed by atoms with E-state index in [1.54, 1.807) is 26.4 Å². The number of aromatic amines is 1. The van der Waals surface area contributed by atoms with E-state index in [0.29, 0.717) is 28.5 Å². The SMILES string of the molecule is COc1cccc(C=NNC(=O)c2cc(-c3ccc(C)cc3)n[nH]2)c1OC. The fourth-order valence-corrected chi connectivity index (χ4v) is 2.54. The Morgan fingerprint density at radius 3 is 2.63 bits per heavy atom. The van der Waals surface area contributed by atoms with Crippen LogP contribution in [-0.2, 0) is 0 Å². The number of nitrogens with one attached hydrogen (secondary N) is 2. The Morgan fingerprint density at radius 2 is 1.93 bits per heavy atom. The zero-order valence-corrected chi connectivity index (χ0v) is 15.3. The molecule has 0 radical (unpaired) electrons. The number of para-hydroxylation sites is 1. The number of aryl methyl sites for hydroxylation is 1. The van der Waals surface area contributed by atoms with Crippen LogP contribution in [0.3, 0.4) is 0 Å². The Morgan fingerprint density at radius 1 is 1.15 bits per heavy atom. The molecule has 0 spiro atoms. The highest BCUT2D eigenvalue weighted by Crippen LogP contribution is 2.29. The lowest BCUT2D eigenvalue weighted by Gasteiger charge is -2.09. The van der Waals surface area contributed by atoms with Crippen LogP contribution in [0.1, 0.15) is 21.6 Å². The molecule has 0 bridgehead atoms. The van der Waals surface area contributed by atoms with Crippen molar-refractivity contribution in [2.75, 3.05) is 14.2 Å². The number of H-pyrrole nitrogens is 1. The second-order valence-electron chi connectivity index (χ2n) is 5.81. The summed E-state index contributed by atoms with van der Waals surface area (Å²) in [6, 6.07) is 15.0. The number of ether oxygens (including phenoxy) is 2. The van der Waals surface area contributed by atoms with Crippen molar-refractivity contribution in [3.63, 3.8) is 0 Å². The first kappa shape index (κ1) is 18.2. The number of benzene rings is 2. The Labute approximate surface area is 157 Å². The van der Waals surface area contributed by atoms with Gasteiger partial charge in [0.15, 0.2) is 11.5 Å². The van der Waals surface area contributed by atoms with Gasteiger partial charge in [0.2, 0.25) is 0 Å². The van der Waals surface area contributed by atoms with Crippen molar-refractivity contribution < 1.29 is 14.3 Å². The molecule has 0 aliphatic rings. The minimum Gasteiger partial charge on any atom is -0.493 e. The van der Waals surface area contributed by atoms with E-state index in [0.717, 1.165) is 11.1 Å². The van der Waals surface area contributed by atoms with Gasteiger partial charge in [0.05, 0.1) is 26.1 Å². The first-order valence-corrected chi connectivity index (χ1v) is 8.29. The van der Waals surface area contributed by atoms with Gasteiger partial charge in [-0.1, -0.05) is 35.9 Å². The standard InChI is InChI=1S/C20H20N4O3/c1-13-7-9-14(10-8-13)16-11-17(23-22-16)20(25)24-21-12-15-5-4-6-18(26-2)19(15)27-3/h4-12H,1-3H3,(H,22,23)(H,24,25). The van der Waals surface area contributed by atoms with Crippen LogP contribution in [0.25, 0.3) is 11.3 Å². The van der Waals surface area contributed by atoms with Crippen molar-refractivity contribution in [3.8, 4) is 22.8 Å². The monoisotopic (exact) mass is 364 g/mol. The average molecular weight is 364 g/mol. The number of methoxy groups -OCH3 is 2. The maximum Gasteiger partial charge on any atom is 0.289 e. The van der Waals surface area contributed by atoms with E-state index in [4.69, 9.17) is 9.47 Å². The molecule has 2 aromatic carbocycles. The Hall–Kier alpha value is -3.61. The van der Waals surface area contributed by atoms with E-state index >= 15 is 0 Å². The Bertz CT molecular complexity index is 962. The summed E-state index contributed by atoms with van der Waals surface area (Å²) in [4.78, 5) is 12.3. The van der Waals surface area contributed by atoms with E-state index in [1.165, 1.54) is 6.21 Å². The van der Waals surface area contributed by atoms with E-state index in [-0.39, 0.29) is 5.91 Å². The minimum atomic E-state index is -0.390. The van der Waals surface area contributed by atoms with Crippen molar-refractivity contribution in [2.24, 2.45) is 5.10 Å². The van der Waals surface area contributed by atoms with Crippen LogP contribution in [0.15, 0.2) is 53.6 Å². The fraction of sp³-hybridized carbons (Fsp3) is 0.150. The second-order valence-corrected chi connectivity index (χ2v) is 5.81. The highest BCUT2D eigenvalue weighted by molar-refractivity contribution is 5.94. The molecule has 138 valence electrons. The van der Waals surface area contributed by atoms with Gasteiger partial charge in [-0.2, -0.15) is 10.2 Å². The van der Waals surface area contributed by atoms with Gasteiger partial charge in [-0.3, -0.25) is 9.89 Å². The first-order chi connectivity index (χ1) is 13.1. The number of hydrogen-bond acceptors (Lipinski definition) is 5. The Balaban J connectivity index is 1.70. The summed E-state index contributed by atoms with van der Waals surface area (Å²) < 4.78 is 10.6. The number of carbonyl (C=O) groups excluding carboxylic acids is 1. The number of hydrogen-bond donors (Lipinski definition) is 2. The molecule has 0 atom stereocenters. The quantitative estimate of drug-likeness (QED) is 0.519. The number of carbonyl (C=O) groups is 1. The van der Waals surface area contributed by atoms with E-state index in [2.05, 4.69) is 20.7 Å². The molecule has 3 aromatic rings. The van der Waals surface area contributed by atoms with Crippen LogP contribution in [0.4, 0.5) is 0 Å². The average Bonchev–Trinajstić information content (AvgIpc) is 3.18. The molecule has 7 nitrogen and oxygen atoms in total. The van der Waals surface area contributed by atoms with Crippen molar-refractivity contribution in [3.05, 3.63) is 65.4 Å². The van der Waals surface area contributed by atoms with Crippen molar-refractivity contribution in [1.29, 1.82) is 0 Å². The summed E-state index contributed by atoms with van der Waals surface area (Å²) in [6.07, 6.45) is 1.50. The fourth-order valence-electron chi connectivity index (χ4n) is 2.54. The summed E-state index contributed by atoms with van der Waals surface area (Å²) in [5.74, 6) is 0.740. The smallest absolute Gasteiger partial charge is 0.289 e. The van der Waals surface area contributed by atoms with Crippen LogP contribution in [0, 0.1) is 6.92 Å². The third kappa shape index (κ3) is 4.14. The predicted molar refractivity (Wildman–Crippen MR) is 103 cm³/mol. The number of nitrogens with zero attached hydrogens (tertiary/aromatic N) is 2. The maximum atomic E-state index is 12.3. The molecule has 0 saturated heterocycles. The predicted octanol–water partition coefficient (Wildman–Crippen LogP) is 3.17. The lowest BCUT2D eigenvalue weighted by Crippen LogP contribution is -2.18. The summed E-state index contributed by atoms with van der Waals surface area (Å²) in [7, 11) is 3.11. The number of aromatic nitrogens is 2. The number of amides is 1. The van der Waals surface area contributed by atoms with Gasteiger partial charge >= 0.3 is 0 Å². The molecule has 0 aliphatic heterocycles. The maximum absolute atomic E-state index is 12.3. The molecular weight excluding hydrogens is 344 g/mol. The topological polar surface area (TPSA) is 88.6 Å². The molecular formula is C20H20N4O3. The van der Waals surface area contributed by atoms with Crippen LogP contribution >= 0.6 is 0 Å². The number of hydrazone groups is 1. The third-order valence-corrected chi connectivity index (χ3v) is 3.97. The van der Waals surface area contributed by atoms with Crippen molar-refractivity contribution >= 4 is 12.1 Å². The zero-order valence-electron chi connectivity index (χ0n) is 15.3. The van der Waals surface area contributed by atoms with E-state index in [9.17, 15) is 4.79 Å². The van der Waals surface area contributed by atoms with Crippen LogP contribution < -0.4 is 14.9 Å². The normalized spacial score (nSPS) is 10.8. The van der Waals surface area contributed by atoms with Gasteiger partial charge in [-0.05, 0) is 25.1 Å². The van der Waals surface area contributed by atoms with Crippen molar-refractivity contribution in [2.45, 2.75) is 6.92 Å². The summed E-state index contributed by atoms with van der Waals surface area (Å²) in [5.41, 5.74) is 6.26. The molecule has 1 heterocycles. The van der Waals surface area contributed by atoms with Crippen LogP contribution in [0.2, 0.25) is 0 Å². The molecule has 7 heteroatoms. The van der Waals surface area contributed by atoms with Gasteiger partial charge in [0.1, 0.15) is 5.69 Å². The summed E-state index contributed by atoms with van der Waals surface area (Å²) >= 11 is 0. The summed E-state index contributed by atoms with van der Waals surface area (Å²) in [6.45, 7) is 2.02. The zero-order chi connectivity index (χ0) is 19.2. The molecule has 3 rings (SSSR count). The van der Waals surface area contributed by atoms with Gasteiger partial charge in [-0.15, -0.1) is 0 Å². The largest absolute Gasteiger partial charge is 0.493 e. The molecule has 0 aliphatic carbocycles. The summed E-state index contributed by atoms with van der Waals surface area (Å²) in [5, 5.41) is 10.9. The van der Waals surface area contributed by atoms with E-state index in [1.807, 2.05) is 43.3 Å².